The van der Waals surface area contributed by atoms with Crippen LogP contribution in [0.25, 0.3) is 22.4 Å². The molecule has 2 amide bonds. The van der Waals surface area contributed by atoms with Crippen LogP contribution in [0, 0.1) is 0 Å². The van der Waals surface area contributed by atoms with Crippen molar-refractivity contribution in [2.45, 2.75) is 6.92 Å². The number of aromatic nitrogens is 1. The third-order valence-corrected chi connectivity index (χ3v) is 4.52. The molecular weight excluding hydrogens is 382 g/mol. The number of nitrogens with one attached hydrogen (secondary N) is 2. The Balaban J connectivity index is 1.78. The summed E-state index contributed by atoms with van der Waals surface area (Å²) in [6.07, 6.45) is 1.56. The van der Waals surface area contributed by atoms with Crippen LogP contribution < -0.4 is 15.4 Å². The first-order chi connectivity index (χ1) is 14.5. The largest absolute Gasteiger partial charge is 0.497 e. The molecule has 4 rings (SSSR count). The molecule has 30 heavy (non-hydrogen) atoms. The van der Waals surface area contributed by atoms with Crippen LogP contribution in [-0.2, 0) is 4.79 Å². The molecule has 0 bridgehead atoms. The summed E-state index contributed by atoms with van der Waals surface area (Å²) in [5.41, 5.74) is 2.56. The van der Waals surface area contributed by atoms with Gasteiger partial charge in [-0.1, -0.05) is 18.2 Å². The van der Waals surface area contributed by atoms with Crippen LogP contribution in [-0.4, -0.2) is 23.9 Å². The molecule has 0 aliphatic rings. The molecule has 0 aliphatic carbocycles. The average molecular weight is 401 g/mol. The quantitative estimate of drug-likeness (QED) is 0.505. The maximum Gasteiger partial charge on any atom is 0.256 e. The number of hydrogen-bond acceptors (Lipinski definition) is 5. The number of anilines is 2. The van der Waals surface area contributed by atoms with Crippen molar-refractivity contribution in [1.82, 2.24) is 4.98 Å². The third kappa shape index (κ3) is 3.86. The van der Waals surface area contributed by atoms with Crippen molar-refractivity contribution in [2.75, 3.05) is 17.7 Å². The molecule has 4 aromatic rings. The predicted molar refractivity (Wildman–Crippen MR) is 115 cm³/mol. The molecule has 7 heteroatoms. The number of amides is 2. The normalized spacial score (nSPS) is 10.6. The summed E-state index contributed by atoms with van der Waals surface area (Å²) in [7, 11) is 1.53. The number of hydrogen-bond donors (Lipinski definition) is 2. The molecular formula is C23H19N3O4. The topological polar surface area (TPSA) is 93.5 Å². The summed E-state index contributed by atoms with van der Waals surface area (Å²) in [6.45, 7) is 1.40. The van der Waals surface area contributed by atoms with Gasteiger partial charge in [-0.15, -0.1) is 0 Å². The van der Waals surface area contributed by atoms with Crippen molar-refractivity contribution in [3.8, 4) is 17.2 Å². The number of fused-ring (bicyclic) bond motifs is 1. The van der Waals surface area contributed by atoms with Gasteiger partial charge in [-0.2, -0.15) is 0 Å². The van der Waals surface area contributed by atoms with Gasteiger partial charge in [-0.05, 0) is 36.4 Å². The van der Waals surface area contributed by atoms with Gasteiger partial charge in [0.25, 0.3) is 5.91 Å². The van der Waals surface area contributed by atoms with E-state index >= 15 is 0 Å². The van der Waals surface area contributed by atoms with Gasteiger partial charge in [0.15, 0.2) is 5.76 Å². The van der Waals surface area contributed by atoms with Gasteiger partial charge < -0.3 is 19.8 Å². The smallest absolute Gasteiger partial charge is 0.256 e. The van der Waals surface area contributed by atoms with Gasteiger partial charge in [0, 0.05) is 18.4 Å². The van der Waals surface area contributed by atoms with E-state index in [4.69, 9.17) is 9.15 Å². The van der Waals surface area contributed by atoms with E-state index in [9.17, 15) is 9.59 Å². The van der Waals surface area contributed by atoms with Crippen LogP contribution in [0.1, 0.15) is 17.3 Å². The molecule has 150 valence electrons. The van der Waals surface area contributed by atoms with Gasteiger partial charge in [0.05, 0.1) is 35.8 Å². The highest BCUT2D eigenvalue weighted by molar-refractivity contribution is 6.14. The van der Waals surface area contributed by atoms with Gasteiger partial charge in [-0.3, -0.25) is 9.59 Å². The van der Waals surface area contributed by atoms with Crippen molar-refractivity contribution < 1.29 is 18.7 Å². The first-order valence-electron chi connectivity index (χ1n) is 9.26. The zero-order valence-electron chi connectivity index (χ0n) is 16.4. The molecule has 0 fully saturated rings. The lowest BCUT2D eigenvalue weighted by Gasteiger charge is -2.14. The lowest BCUT2D eigenvalue weighted by molar-refractivity contribution is -0.114. The Bertz CT molecular complexity index is 1230. The molecule has 2 heterocycles. The second-order valence-electron chi connectivity index (χ2n) is 6.60. The zero-order chi connectivity index (χ0) is 21.1. The minimum Gasteiger partial charge on any atom is -0.497 e. The number of benzene rings is 2. The SMILES string of the molecule is COc1ccc(NC(C)=O)c(NC(=O)c2cc(-c3ccco3)nc3ccccc23)c1. The molecule has 0 aliphatic heterocycles. The van der Waals surface area contributed by atoms with E-state index in [1.807, 2.05) is 24.3 Å². The Kier molecular flexibility index (Phi) is 5.17. The number of ether oxygens (including phenoxy) is 1. The van der Waals surface area contributed by atoms with Crippen LogP contribution in [0.2, 0.25) is 0 Å². The fourth-order valence-corrected chi connectivity index (χ4v) is 3.16. The van der Waals surface area contributed by atoms with Crippen LogP contribution in [0.3, 0.4) is 0 Å². The summed E-state index contributed by atoms with van der Waals surface area (Å²) < 4.78 is 10.7. The predicted octanol–water partition coefficient (Wildman–Crippen LogP) is 4.71. The number of nitrogens with zero attached hydrogens (tertiary/aromatic N) is 1. The second kappa shape index (κ2) is 8.08. The van der Waals surface area contributed by atoms with E-state index in [1.54, 1.807) is 42.7 Å². The summed E-state index contributed by atoms with van der Waals surface area (Å²) in [5.74, 6) is 0.525. The number of rotatable bonds is 5. The molecule has 2 N–H and O–H groups in total. The fourth-order valence-electron chi connectivity index (χ4n) is 3.16. The molecule has 2 aromatic carbocycles. The highest BCUT2D eigenvalue weighted by Gasteiger charge is 2.17. The molecule has 2 aromatic heterocycles. The minimum atomic E-state index is -0.346. The maximum atomic E-state index is 13.3. The first kappa shape index (κ1) is 19.2. The van der Waals surface area contributed by atoms with E-state index in [-0.39, 0.29) is 11.8 Å². The number of carbonyl (C=O) groups excluding carboxylic acids is 2. The zero-order valence-corrected chi connectivity index (χ0v) is 16.4. The molecule has 0 radical (unpaired) electrons. The lowest BCUT2D eigenvalue weighted by Crippen LogP contribution is -2.16. The van der Waals surface area contributed by atoms with Crippen molar-refractivity contribution in [1.29, 1.82) is 0 Å². The molecule has 0 unspecified atom stereocenters. The summed E-state index contributed by atoms with van der Waals surface area (Å²) in [5, 5.41) is 6.30. The van der Waals surface area contributed by atoms with Gasteiger partial charge in [0.1, 0.15) is 11.4 Å². The number of pyridine rings is 1. The van der Waals surface area contributed by atoms with Crippen molar-refractivity contribution in [3.05, 3.63) is 72.5 Å². The number of methoxy groups -OCH3 is 1. The molecule has 0 saturated carbocycles. The third-order valence-electron chi connectivity index (χ3n) is 4.52. The second-order valence-corrected chi connectivity index (χ2v) is 6.60. The van der Waals surface area contributed by atoms with Gasteiger partial charge >= 0.3 is 0 Å². The average Bonchev–Trinajstić information content (AvgIpc) is 3.28. The Morgan fingerprint density at radius 1 is 0.967 bits per heavy atom. The van der Waals surface area contributed by atoms with Crippen LogP contribution in [0.4, 0.5) is 11.4 Å². The maximum absolute atomic E-state index is 13.3. The van der Waals surface area contributed by atoms with Gasteiger partial charge in [0.2, 0.25) is 5.91 Å². The summed E-state index contributed by atoms with van der Waals surface area (Å²) in [6, 6.07) is 17.7. The fraction of sp³-hybridized carbons (Fsp3) is 0.0870. The summed E-state index contributed by atoms with van der Waals surface area (Å²) >= 11 is 0. The number of carbonyl (C=O) groups is 2. The van der Waals surface area contributed by atoms with Gasteiger partial charge in [-0.25, -0.2) is 4.98 Å². The Hall–Kier alpha value is -4.13. The van der Waals surface area contributed by atoms with Crippen molar-refractivity contribution in [2.24, 2.45) is 0 Å². The number of furan rings is 1. The highest BCUT2D eigenvalue weighted by Crippen LogP contribution is 2.30. The summed E-state index contributed by atoms with van der Waals surface area (Å²) in [4.78, 5) is 29.4. The molecule has 0 saturated heterocycles. The molecule has 0 spiro atoms. The Morgan fingerprint density at radius 3 is 2.53 bits per heavy atom. The van der Waals surface area contributed by atoms with E-state index in [1.165, 1.54) is 14.0 Å². The standard InChI is InChI=1S/C23H19N3O4/c1-14(27)24-19-10-9-15(29-2)12-20(19)26-23(28)17-13-21(22-8-5-11-30-22)25-18-7-4-3-6-16(17)18/h3-13H,1-2H3,(H,24,27)(H,26,28). The molecule has 0 atom stereocenters. The van der Waals surface area contributed by atoms with E-state index in [0.717, 1.165) is 0 Å². The van der Waals surface area contributed by atoms with E-state index in [0.29, 0.717) is 45.0 Å². The van der Waals surface area contributed by atoms with Crippen molar-refractivity contribution in [3.63, 3.8) is 0 Å². The monoisotopic (exact) mass is 401 g/mol. The van der Waals surface area contributed by atoms with Crippen LogP contribution >= 0.6 is 0 Å². The molecule has 7 nitrogen and oxygen atoms in total. The van der Waals surface area contributed by atoms with Crippen molar-refractivity contribution >= 4 is 34.1 Å². The van der Waals surface area contributed by atoms with Crippen LogP contribution in [0.15, 0.2) is 71.3 Å². The Labute approximate surface area is 172 Å². The number of para-hydroxylation sites is 1. The highest BCUT2D eigenvalue weighted by atomic mass is 16.5. The Morgan fingerprint density at radius 2 is 1.80 bits per heavy atom. The lowest BCUT2D eigenvalue weighted by atomic mass is 10.1. The van der Waals surface area contributed by atoms with Crippen LogP contribution in [0.5, 0.6) is 5.75 Å². The van der Waals surface area contributed by atoms with E-state index in [2.05, 4.69) is 15.6 Å². The first-order valence-corrected chi connectivity index (χ1v) is 9.26. The minimum absolute atomic E-state index is 0.245. The van der Waals surface area contributed by atoms with E-state index < -0.39 is 0 Å².